The van der Waals surface area contributed by atoms with Crippen LogP contribution < -0.4 is 15.4 Å². The normalized spacial score (nSPS) is 18.1. The van der Waals surface area contributed by atoms with E-state index < -0.39 is 24.2 Å². The lowest BCUT2D eigenvalue weighted by atomic mass is 9.96. The van der Waals surface area contributed by atoms with E-state index in [1.807, 2.05) is 0 Å². The predicted molar refractivity (Wildman–Crippen MR) is 111 cm³/mol. The Bertz CT molecular complexity index is 1120. The molecule has 0 saturated heterocycles. The van der Waals surface area contributed by atoms with E-state index in [0.717, 1.165) is 10.9 Å². The number of fused-ring (bicyclic) bond motifs is 1. The van der Waals surface area contributed by atoms with Crippen molar-refractivity contribution in [3.63, 3.8) is 0 Å². The first kappa shape index (κ1) is 21.0. The van der Waals surface area contributed by atoms with Crippen LogP contribution in [0.4, 0.5) is 24.7 Å². The van der Waals surface area contributed by atoms with Gasteiger partial charge in [0.15, 0.2) is 6.04 Å². The zero-order valence-corrected chi connectivity index (χ0v) is 17.0. The SMILES string of the molecule is COc1cccc([C@H]2C[C@H](C(F)(F)F)n3ncc(C(=O)Nc4cccc(Cl)c4)c3N2)c1. The fourth-order valence-electron chi connectivity index (χ4n) is 3.57. The zero-order valence-electron chi connectivity index (χ0n) is 16.3. The smallest absolute Gasteiger partial charge is 0.410 e. The Morgan fingerprint density at radius 2 is 2.03 bits per heavy atom. The summed E-state index contributed by atoms with van der Waals surface area (Å²) in [6, 6.07) is 10.7. The average molecular weight is 451 g/mol. The number of anilines is 2. The second-order valence-corrected chi connectivity index (χ2v) is 7.52. The fourth-order valence-corrected chi connectivity index (χ4v) is 3.76. The Kier molecular flexibility index (Phi) is 5.53. The number of alkyl halides is 3. The van der Waals surface area contributed by atoms with Gasteiger partial charge in [-0.3, -0.25) is 4.79 Å². The Hall–Kier alpha value is -3.20. The summed E-state index contributed by atoms with van der Waals surface area (Å²) in [6.07, 6.45) is -3.68. The quantitative estimate of drug-likeness (QED) is 0.554. The Labute approximate surface area is 181 Å². The predicted octanol–water partition coefficient (Wildman–Crippen LogP) is 5.46. The van der Waals surface area contributed by atoms with E-state index >= 15 is 0 Å². The highest BCUT2D eigenvalue weighted by atomic mass is 35.5. The van der Waals surface area contributed by atoms with Gasteiger partial charge < -0.3 is 15.4 Å². The summed E-state index contributed by atoms with van der Waals surface area (Å²) in [5, 5.41) is 9.98. The van der Waals surface area contributed by atoms with Crippen molar-refractivity contribution < 1.29 is 22.7 Å². The molecule has 0 fully saturated rings. The van der Waals surface area contributed by atoms with Crippen LogP contribution in [0.3, 0.4) is 0 Å². The molecule has 6 nitrogen and oxygen atoms in total. The number of carbonyl (C=O) groups is 1. The van der Waals surface area contributed by atoms with Crippen molar-refractivity contribution in [3.8, 4) is 5.75 Å². The summed E-state index contributed by atoms with van der Waals surface area (Å²) in [5.41, 5.74) is 1.04. The van der Waals surface area contributed by atoms with Gasteiger partial charge in [-0.2, -0.15) is 18.3 Å². The van der Waals surface area contributed by atoms with Crippen LogP contribution in [0.15, 0.2) is 54.7 Å². The van der Waals surface area contributed by atoms with Crippen LogP contribution in [0.2, 0.25) is 5.02 Å². The second kappa shape index (κ2) is 8.14. The number of hydrogen-bond acceptors (Lipinski definition) is 4. The van der Waals surface area contributed by atoms with E-state index in [1.54, 1.807) is 48.5 Å². The van der Waals surface area contributed by atoms with E-state index in [9.17, 15) is 18.0 Å². The van der Waals surface area contributed by atoms with Gasteiger partial charge in [-0.25, -0.2) is 4.68 Å². The first-order chi connectivity index (χ1) is 14.8. The molecule has 0 spiro atoms. The molecule has 10 heteroatoms. The van der Waals surface area contributed by atoms with Crippen LogP contribution in [0.5, 0.6) is 5.75 Å². The Morgan fingerprint density at radius 1 is 1.26 bits per heavy atom. The summed E-state index contributed by atoms with van der Waals surface area (Å²) < 4.78 is 47.5. The standard InChI is InChI=1S/C21H18ClF3N4O2/c1-31-15-7-2-4-12(8-15)17-10-18(21(23,24)25)29-19(28-17)16(11-26-29)20(30)27-14-6-3-5-13(22)9-14/h2-9,11,17-18,28H,10H2,1H3,(H,27,30)/t17-,18-/m1/s1. The molecule has 31 heavy (non-hydrogen) atoms. The Balaban J connectivity index is 1.70. The summed E-state index contributed by atoms with van der Waals surface area (Å²) in [6.45, 7) is 0. The number of rotatable bonds is 4. The lowest BCUT2D eigenvalue weighted by molar-refractivity contribution is -0.173. The maximum atomic E-state index is 13.8. The van der Waals surface area contributed by atoms with Gasteiger partial charge in [0, 0.05) is 17.1 Å². The number of methoxy groups -OCH3 is 1. The van der Waals surface area contributed by atoms with Crippen LogP contribution in [-0.4, -0.2) is 29.0 Å². The average Bonchev–Trinajstić information content (AvgIpc) is 3.16. The minimum Gasteiger partial charge on any atom is -0.497 e. The molecule has 0 unspecified atom stereocenters. The van der Waals surface area contributed by atoms with Crippen molar-refractivity contribution in [1.29, 1.82) is 0 Å². The van der Waals surface area contributed by atoms with Crippen molar-refractivity contribution >= 4 is 29.0 Å². The maximum absolute atomic E-state index is 13.8. The summed E-state index contributed by atoms with van der Waals surface area (Å²) in [7, 11) is 1.49. The minimum atomic E-state index is -4.54. The summed E-state index contributed by atoms with van der Waals surface area (Å²) >= 11 is 5.93. The molecule has 0 bridgehead atoms. The highest BCUT2D eigenvalue weighted by molar-refractivity contribution is 6.31. The molecule has 2 aromatic carbocycles. The third kappa shape index (κ3) is 4.32. The molecule has 0 radical (unpaired) electrons. The first-order valence-electron chi connectivity index (χ1n) is 9.38. The molecule has 2 heterocycles. The zero-order chi connectivity index (χ0) is 22.2. The topological polar surface area (TPSA) is 68.2 Å². The van der Waals surface area contributed by atoms with Gasteiger partial charge in [-0.1, -0.05) is 29.8 Å². The molecule has 1 aliphatic heterocycles. The van der Waals surface area contributed by atoms with Gasteiger partial charge in [0.1, 0.15) is 17.1 Å². The molecule has 3 aromatic rings. The van der Waals surface area contributed by atoms with E-state index in [2.05, 4.69) is 15.7 Å². The van der Waals surface area contributed by atoms with Crippen LogP contribution in [0.25, 0.3) is 0 Å². The molecule has 0 aliphatic carbocycles. The van der Waals surface area contributed by atoms with Gasteiger partial charge in [0.05, 0.1) is 19.3 Å². The molecular formula is C21H18ClF3N4O2. The van der Waals surface area contributed by atoms with E-state index in [0.29, 0.717) is 22.0 Å². The number of aromatic nitrogens is 2. The van der Waals surface area contributed by atoms with Gasteiger partial charge in [-0.15, -0.1) is 0 Å². The van der Waals surface area contributed by atoms with E-state index in [1.165, 1.54) is 7.11 Å². The number of ether oxygens (including phenoxy) is 1. The third-order valence-electron chi connectivity index (χ3n) is 5.06. The van der Waals surface area contributed by atoms with Gasteiger partial charge in [-0.05, 0) is 35.9 Å². The molecule has 4 rings (SSSR count). The van der Waals surface area contributed by atoms with Gasteiger partial charge in [0.25, 0.3) is 5.91 Å². The summed E-state index contributed by atoms with van der Waals surface area (Å²) in [5.74, 6) is -0.0648. The monoisotopic (exact) mass is 450 g/mol. The van der Waals surface area contributed by atoms with Crippen molar-refractivity contribution in [3.05, 3.63) is 70.9 Å². The van der Waals surface area contributed by atoms with E-state index in [-0.39, 0.29) is 17.8 Å². The minimum absolute atomic E-state index is 0.000855. The van der Waals surface area contributed by atoms with Crippen LogP contribution >= 0.6 is 11.6 Å². The molecule has 162 valence electrons. The molecule has 1 aliphatic rings. The molecule has 0 saturated carbocycles. The second-order valence-electron chi connectivity index (χ2n) is 7.08. The maximum Gasteiger partial charge on any atom is 0.410 e. The van der Waals surface area contributed by atoms with Crippen molar-refractivity contribution in [2.75, 3.05) is 17.7 Å². The number of nitrogens with zero attached hydrogens (tertiary/aromatic N) is 2. The largest absolute Gasteiger partial charge is 0.497 e. The van der Waals surface area contributed by atoms with Crippen molar-refractivity contribution in [1.82, 2.24) is 9.78 Å². The van der Waals surface area contributed by atoms with Gasteiger partial charge in [0.2, 0.25) is 0 Å². The molecular weight excluding hydrogens is 433 g/mol. The van der Waals surface area contributed by atoms with Crippen LogP contribution in [-0.2, 0) is 0 Å². The molecule has 2 N–H and O–H groups in total. The van der Waals surface area contributed by atoms with E-state index in [4.69, 9.17) is 16.3 Å². The first-order valence-corrected chi connectivity index (χ1v) is 9.75. The lowest BCUT2D eigenvalue weighted by Gasteiger charge is -2.34. The highest BCUT2D eigenvalue weighted by Gasteiger charge is 2.47. The number of carbonyl (C=O) groups excluding carboxylic acids is 1. The molecule has 2 atom stereocenters. The number of benzene rings is 2. The van der Waals surface area contributed by atoms with Crippen LogP contribution in [0.1, 0.15) is 34.4 Å². The molecule has 1 amide bonds. The van der Waals surface area contributed by atoms with Crippen molar-refractivity contribution in [2.24, 2.45) is 0 Å². The number of nitrogens with one attached hydrogen (secondary N) is 2. The number of halogens is 4. The fraction of sp³-hybridized carbons (Fsp3) is 0.238. The number of amides is 1. The number of hydrogen-bond donors (Lipinski definition) is 2. The highest BCUT2D eigenvalue weighted by Crippen LogP contribution is 2.44. The van der Waals surface area contributed by atoms with Crippen LogP contribution in [0, 0.1) is 0 Å². The Morgan fingerprint density at radius 3 is 2.74 bits per heavy atom. The van der Waals surface area contributed by atoms with Crippen molar-refractivity contribution in [2.45, 2.75) is 24.7 Å². The lowest BCUT2D eigenvalue weighted by Crippen LogP contribution is -2.36. The molecule has 1 aromatic heterocycles. The summed E-state index contributed by atoms with van der Waals surface area (Å²) in [4.78, 5) is 12.8. The third-order valence-corrected chi connectivity index (χ3v) is 5.30. The van der Waals surface area contributed by atoms with Gasteiger partial charge >= 0.3 is 6.18 Å².